The molecule has 92 valence electrons. The summed E-state index contributed by atoms with van der Waals surface area (Å²) in [5, 5.41) is 3.05. The van der Waals surface area contributed by atoms with Crippen molar-refractivity contribution in [3.63, 3.8) is 0 Å². The number of nitrogens with one attached hydrogen (secondary N) is 1. The highest BCUT2D eigenvalue weighted by Gasteiger charge is 2.27. The average Bonchev–Trinajstić information content (AvgIpc) is 2.62. The molecule has 3 nitrogen and oxygen atoms in total. The van der Waals surface area contributed by atoms with Crippen LogP contribution in [0, 0.1) is 0 Å². The van der Waals surface area contributed by atoms with Gasteiger partial charge in [0.1, 0.15) is 4.34 Å². The topological polar surface area (TPSA) is 50.9 Å². The Labute approximate surface area is 99.6 Å². The molecular weight excluding hydrogens is 259 g/mol. The quantitative estimate of drug-likeness (QED) is 0.612. The molecule has 1 aromatic heterocycles. The Morgan fingerprint density at radius 3 is 2.88 bits per heavy atom. The molecule has 0 spiro atoms. The number of aromatic nitrogens is 1. The zero-order valence-electron chi connectivity index (χ0n) is 8.38. The predicted octanol–water partition coefficient (Wildman–Crippen LogP) is 1.85. The predicted molar refractivity (Wildman–Crippen MR) is 59.7 cm³/mol. The van der Waals surface area contributed by atoms with Crippen molar-refractivity contribution < 1.29 is 13.2 Å². The van der Waals surface area contributed by atoms with Gasteiger partial charge < -0.3 is 11.1 Å². The molecular formula is C8H12F3N3S2. The fourth-order valence-electron chi connectivity index (χ4n) is 0.895. The molecule has 0 aliphatic heterocycles. The number of nitrogens with zero attached hydrogens (tertiary/aromatic N) is 1. The van der Waals surface area contributed by atoms with Crippen LogP contribution in [0.2, 0.25) is 0 Å². The Hall–Kier alpha value is -0.310. The van der Waals surface area contributed by atoms with Crippen molar-refractivity contribution in [2.45, 2.75) is 17.1 Å². The molecule has 0 aromatic carbocycles. The van der Waals surface area contributed by atoms with E-state index in [0.29, 0.717) is 24.0 Å². The van der Waals surface area contributed by atoms with Crippen LogP contribution in [0.1, 0.15) is 4.88 Å². The molecule has 1 rings (SSSR count). The molecule has 0 amide bonds. The van der Waals surface area contributed by atoms with E-state index in [1.807, 2.05) is 0 Å². The van der Waals surface area contributed by atoms with Gasteiger partial charge in [0, 0.05) is 30.7 Å². The molecule has 3 N–H and O–H groups in total. The van der Waals surface area contributed by atoms with Crippen molar-refractivity contribution in [2.24, 2.45) is 5.73 Å². The number of nitrogens with two attached hydrogens (primary N) is 1. The van der Waals surface area contributed by atoms with Gasteiger partial charge in [0.2, 0.25) is 0 Å². The first-order chi connectivity index (χ1) is 7.51. The Morgan fingerprint density at radius 1 is 1.50 bits per heavy atom. The summed E-state index contributed by atoms with van der Waals surface area (Å²) in [6, 6.07) is 0. The van der Waals surface area contributed by atoms with E-state index in [9.17, 15) is 13.2 Å². The van der Waals surface area contributed by atoms with Gasteiger partial charge in [-0.1, -0.05) is 11.8 Å². The lowest BCUT2D eigenvalue weighted by Crippen LogP contribution is -2.21. The van der Waals surface area contributed by atoms with E-state index in [4.69, 9.17) is 5.73 Å². The van der Waals surface area contributed by atoms with E-state index in [2.05, 4.69) is 10.3 Å². The van der Waals surface area contributed by atoms with Crippen molar-refractivity contribution >= 4 is 23.1 Å². The summed E-state index contributed by atoms with van der Waals surface area (Å²) >= 11 is 1.99. The first kappa shape index (κ1) is 13.8. The minimum absolute atomic E-state index is 0.446. The van der Waals surface area contributed by atoms with Crippen LogP contribution in [0.15, 0.2) is 10.5 Å². The minimum Gasteiger partial charge on any atom is -0.329 e. The smallest absolute Gasteiger partial charge is 0.329 e. The van der Waals surface area contributed by atoms with Gasteiger partial charge in [-0.25, -0.2) is 4.98 Å². The summed E-state index contributed by atoms with van der Waals surface area (Å²) < 4.78 is 36.2. The van der Waals surface area contributed by atoms with Gasteiger partial charge in [-0.05, 0) is 0 Å². The highest BCUT2D eigenvalue weighted by Crippen LogP contribution is 2.29. The fourth-order valence-corrected chi connectivity index (χ4v) is 2.65. The second-order valence-electron chi connectivity index (χ2n) is 2.96. The van der Waals surface area contributed by atoms with Crippen molar-refractivity contribution in [2.75, 3.05) is 18.8 Å². The summed E-state index contributed by atoms with van der Waals surface area (Å²) in [7, 11) is 0. The summed E-state index contributed by atoms with van der Waals surface area (Å²) in [6.45, 7) is 1.82. The lowest BCUT2D eigenvalue weighted by atomic mass is 10.5. The number of halogens is 3. The first-order valence-corrected chi connectivity index (χ1v) is 6.36. The molecule has 0 bridgehead atoms. The highest BCUT2D eigenvalue weighted by atomic mass is 32.2. The van der Waals surface area contributed by atoms with Gasteiger partial charge >= 0.3 is 6.18 Å². The van der Waals surface area contributed by atoms with Crippen LogP contribution in [0.25, 0.3) is 0 Å². The Kier molecular flexibility index (Phi) is 5.53. The third-order valence-electron chi connectivity index (χ3n) is 1.51. The summed E-state index contributed by atoms with van der Waals surface area (Å²) in [6.07, 6.45) is -2.55. The molecule has 0 fully saturated rings. The first-order valence-electron chi connectivity index (χ1n) is 4.56. The lowest BCUT2D eigenvalue weighted by molar-refractivity contribution is -0.105. The standard InChI is InChI=1S/C8H12F3N3S2/c9-8(10,11)5-15-7-14-4-6(16-7)3-13-2-1-12/h4,13H,1-3,5,12H2. The van der Waals surface area contributed by atoms with E-state index in [1.165, 1.54) is 11.3 Å². The number of thioether (sulfide) groups is 1. The van der Waals surface area contributed by atoms with Gasteiger partial charge in [0.05, 0.1) is 5.75 Å². The monoisotopic (exact) mass is 271 g/mol. The maximum absolute atomic E-state index is 11.9. The summed E-state index contributed by atoms with van der Waals surface area (Å²) in [5.74, 6) is -0.893. The zero-order chi connectivity index (χ0) is 12.0. The fraction of sp³-hybridized carbons (Fsp3) is 0.625. The number of rotatable bonds is 6. The van der Waals surface area contributed by atoms with Gasteiger partial charge in [0.25, 0.3) is 0 Å². The molecule has 8 heteroatoms. The van der Waals surface area contributed by atoms with Gasteiger partial charge in [0.15, 0.2) is 0 Å². The Bertz CT molecular complexity index is 314. The van der Waals surface area contributed by atoms with Crippen molar-refractivity contribution in [3.8, 4) is 0 Å². The van der Waals surface area contributed by atoms with Crippen molar-refractivity contribution in [1.29, 1.82) is 0 Å². The zero-order valence-corrected chi connectivity index (χ0v) is 10.0. The molecule has 0 aliphatic carbocycles. The van der Waals surface area contributed by atoms with Crippen LogP contribution in [-0.4, -0.2) is 30.0 Å². The average molecular weight is 271 g/mol. The van der Waals surface area contributed by atoms with Crippen molar-refractivity contribution in [3.05, 3.63) is 11.1 Å². The lowest BCUT2D eigenvalue weighted by Gasteiger charge is -2.02. The van der Waals surface area contributed by atoms with Crippen LogP contribution in [-0.2, 0) is 6.54 Å². The maximum atomic E-state index is 11.9. The van der Waals surface area contributed by atoms with E-state index >= 15 is 0 Å². The molecule has 0 atom stereocenters. The van der Waals surface area contributed by atoms with Gasteiger partial charge in [-0.3, -0.25) is 0 Å². The highest BCUT2D eigenvalue weighted by molar-refractivity contribution is 8.01. The maximum Gasteiger partial charge on any atom is 0.398 e. The molecule has 1 heterocycles. The Morgan fingerprint density at radius 2 is 2.25 bits per heavy atom. The second kappa shape index (κ2) is 6.43. The van der Waals surface area contributed by atoms with Crippen LogP contribution in [0.3, 0.4) is 0 Å². The molecule has 16 heavy (non-hydrogen) atoms. The Balaban J connectivity index is 2.33. The number of hydrogen-bond acceptors (Lipinski definition) is 5. The van der Waals surface area contributed by atoms with E-state index in [-0.39, 0.29) is 0 Å². The summed E-state index contributed by atoms with van der Waals surface area (Å²) in [4.78, 5) is 4.82. The van der Waals surface area contributed by atoms with Crippen LogP contribution >= 0.6 is 23.1 Å². The minimum atomic E-state index is -4.14. The number of thiazole rings is 1. The van der Waals surface area contributed by atoms with Crippen LogP contribution in [0.4, 0.5) is 13.2 Å². The molecule has 1 aromatic rings. The second-order valence-corrected chi connectivity index (χ2v) is 5.30. The SMILES string of the molecule is NCCNCc1cnc(SCC(F)(F)F)s1. The molecule has 0 unspecified atom stereocenters. The van der Waals surface area contributed by atoms with Crippen LogP contribution < -0.4 is 11.1 Å². The van der Waals surface area contributed by atoms with Gasteiger partial charge in [-0.2, -0.15) is 13.2 Å². The normalized spacial score (nSPS) is 12.0. The molecule has 0 aliphatic rings. The largest absolute Gasteiger partial charge is 0.398 e. The number of hydrogen-bond donors (Lipinski definition) is 2. The molecule has 0 radical (unpaired) electrons. The third-order valence-corrected chi connectivity index (χ3v) is 3.73. The van der Waals surface area contributed by atoms with E-state index in [0.717, 1.165) is 16.6 Å². The number of alkyl halides is 3. The summed E-state index contributed by atoms with van der Waals surface area (Å²) in [5.41, 5.74) is 5.29. The van der Waals surface area contributed by atoms with Crippen molar-refractivity contribution in [1.82, 2.24) is 10.3 Å². The van der Waals surface area contributed by atoms with Gasteiger partial charge in [-0.15, -0.1) is 11.3 Å². The molecule has 0 saturated heterocycles. The molecule has 0 saturated carbocycles. The van der Waals surface area contributed by atoms with E-state index < -0.39 is 11.9 Å². The van der Waals surface area contributed by atoms with Crippen LogP contribution in [0.5, 0.6) is 0 Å². The van der Waals surface area contributed by atoms with E-state index in [1.54, 1.807) is 6.20 Å². The third kappa shape index (κ3) is 5.69.